The fourth-order valence-electron chi connectivity index (χ4n) is 2.34. The van der Waals surface area contributed by atoms with Gasteiger partial charge in [0.05, 0.1) is 0 Å². The second-order valence-corrected chi connectivity index (χ2v) is 5.39. The molecule has 0 saturated heterocycles. The summed E-state index contributed by atoms with van der Waals surface area (Å²) in [6, 6.07) is 5.37. The van der Waals surface area contributed by atoms with Crippen LogP contribution in [0.1, 0.15) is 24.5 Å². The van der Waals surface area contributed by atoms with Gasteiger partial charge in [-0.3, -0.25) is 4.79 Å². The Kier molecular flexibility index (Phi) is 3.54. The van der Waals surface area contributed by atoms with Crippen molar-refractivity contribution in [2.45, 2.75) is 38.4 Å². The van der Waals surface area contributed by atoms with Crippen molar-refractivity contribution in [1.82, 2.24) is 0 Å². The Hall–Kier alpha value is -1.56. The molecule has 1 unspecified atom stereocenters. The summed E-state index contributed by atoms with van der Waals surface area (Å²) in [4.78, 5) is 13.4. The molecule has 6 heteroatoms. The van der Waals surface area contributed by atoms with Crippen LogP contribution in [0.3, 0.4) is 0 Å². The van der Waals surface area contributed by atoms with E-state index >= 15 is 0 Å². The van der Waals surface area contributed by atoms with Crippen LogP contribution in [0.2, 0.25) is 0 Å². The molecule has 1 heterocycles. The summed E-state index contributed by atoms with van der Waals surface area (Å²) in [6.07, 6.45) is -3.38. The molecule has 3 nitrogen and oxygen atoms in total. The molecule has 0 fully saturated rings. The number of alkyl halides is 3. The van der Waals surface area contributed by atoms with Crippen LogP contribution in [0.25, 0.3) is 0 Å². The normalized spacial score (nSPS) is 18.4. The third-order valence-electron chi connectivity index (χ3n) is 3.63. The van der Waals surface area contributed by atoms with Crippen LogP contribution in [0, 0.1) is 6.92 Å². The maximum absolute atomic E-state index is 12.9. The van der Waals surface area contributed by atoms with Gasteiger partial charge in [0.15, 0.2) is 5.54 Å². The molecular weight excluding hydrogens is 269 g/mol. The van der Waals surface area contributed by atoms with E-state index in [0.717, 1.165) is 29.4 Å². The van der Waals surface area contributed by atoms with E-state index in [1.54, 1.807) is 12.1 Å². The molecule has 1 aliphatic heterocycles. The number of amides is 1. The minimum atomic E-state index is -4.77. The number of benzene rings is 1. The van der Waals surface area contributed by atoms with Crippen LogP contribution in [0.4, 0.5) is 18.9 Å². The van der Waals surface area contributed by atoms with Crippen molar-refractivity contribution in [2.75, 3.05) is 11.4 Å². The van der Waals surface area contributed by atoms with Crippen LogP contribution < -0.4 is 10.6 Å². The van der Waals surface area contributed by atoms with Gasteiger partial charge < -0.3 is 10.6 Å². The predicted octanol–water partition coefficient (Wildman–Crippen LogP) is 2.55. The molecule has 1 aromatic carbocycles. The second kappa shape index (κ2) is 4.77. The standard InChI is InChI=1S/C14H17F3N2O/c1-9-5-6-11-10(8-9)4-3-7-19(11)12(20)13(2,18)14(15,16)17/h5-6,8H,3-4,7,18H2,1-2H3. The lowest BCUT2D eigenvalue weighted by Gasteiger charge is -2.36. The average molecular weight is 286 g/mol. The van der Waals surface area contributed by atoms with Crippen LogP contribution in [0.15, 0.2) is 18.2 Å². The maximum Gasteiger partial charge on any atom is 0.415 e. The third kappa shape index (κ3) is 2.40. The maximum atomic E-state index is 12.9. The highest BCUT2D eigenvalue weighted by Crippen LogP contribution is 2.34. The summed E-state index contributed by atoms with van der Waals surface area (Å²) >= 11 is 0. The van der Waals surface area contributed by atoms with Crippen LogP contribution in [-0.4, -0.2) is 24.2 Å². The third-order valence-corrected chi connectivity index (χ3v) is 3.63. The number of halogens is 3. The van der Waals surface area contributed by atoms with Crippen molar-refractivity contribution in [3.8, 4) is 0 Å². The summed E-state index contributed by atoms with van der Waals surface area (Å²) in [5, 5.41) is 0. The molecule has 1 aromatic rings. The van der Waals surface area contributed by atoms with Crippen LogP contribution >= 0.6 is 0 Å². The fraction of sp³-hybridized carbons (Fsp3) is 0.500. The monoisotopic (exact) mass is 286 g/mol. The van der Waals surface area contributed by atoms with E-state index in [0.29, 0.717) is 12.1 Å². The number of fused-ring (bicyclic) bond motifs is 1. The number of hydrogen-bond donors (Lipinski definition) is 1. The molecule has 0 saturated carbocycles. The summed E-state index contributed by atoms with van der Waals surface area (Å²) in [6.45, 7) is 2.89. The molecule has 1 atom stereocenters. The van der Waals surface area contributed by atoms with E-state index in [1.165, 1.54) is 0 Å². The first-order chi connectivity index (χ1) is 9.14. The van der Waals surface area contributed by atoms with Crippen LogP contribution in [0.5, 0.6) is 0 Å². The Morgan fingerprint density at radius 1 is 1.35 bits per heavy atom. The number of carbonyl (C=O) groups is 1. The van der Waals surface area contributed by atoms with E-state index in [9.17, 15) is 18.0 Å². The van der Waals surface area contributed by atoms with Gasteiger partial charge in [0, 0.05) is 12.2 Å². The lowest BCUT2D eigenvalue weighted by molar-refractivity contribution is -0.185. The Bertz CT molecular complexity index is 538. The summed E-state index contributed by atoms with van der Waals surface area (Å²) < 4.78 is 38.7. The van der Waals surface area contributed by atoms with Crippen molar-refractivity contribution in [1.29, 1.82) is 0 Å². The van der Waals surface area contributed by atoms with E-state index in [2.05, 4.69) is 0 Å². The number of hydrogen-bond acceptors (Lipinski definition) is 2. The largest absolute Gasteiger partial charge is 0.415 e. The van der Waals surface area contributed by atoms with E-state index in [1.807, 2.05) is 13.0 Å². The Balaban J connectivity index is 2.39. The van der Waals surface area contributed by atoms with Gasteiger partial charge in [-0.1, -0.05) is 17.7 Å². The second-order valence-electron chi connectivity index (χ2n) is 5.39. The molecule has 0 spiro atoms. The molecular formula is C14H17F3N2O. The first-order valence-corrected chi connectivity index (χ1v) is 6.41. The molecule has 20 heavy (non-hydrogen) atoms. The van der Waals surface area contributed by atoms with Crippen molar-refractivity contribution in [3.05, 3.63) is 29.3 Å². The lowest BCUT2D eigenvalue weighted by Crippen LogP contribution is -2.63. The summed E-state index contributed by atoms with van der Waals surface area (Å²) in [5.41, 5.74) is 4.81. The summed E-state index contributed by atoms with van der Waals surface area (Å²) in [7, 11) is 0. The SMILES string of the molecule is Cc1ccc2c(c1)CCCN2C(=O)C(C)(N)C(F)(F)F. The molecule has 0 bridgehead atoms. The topological polar surface area (TPSA) is 46.3 Å². The zero-order valence-electron chi connectivity index (χ0n) is 11.4. The molecule has 0 radical (unpaired) electrons. The number of carbonyl (C=O) groups excluding carboxylic acids is 1. The van der Waals surface area contributed by atoms with Crippen molar-refractivity contribution >= 4 is 11.6 Å². The minimum absolute atomic E-state index is 0.262. The molecule has 2 rings (SSSR count). The highest BCUT2D eigenvalue weighted by molar-refractivity contribution is 6.01. The highest BCUT2D eigenvalue weighted by atomic mass is 19.4. The van der Waals surface area contributed by atoms with Gasteiger partial charge in [-0.15, -0.1) is 0 Å². The Labute approximate surface area is 115 Å². The Morgan fingerprint density at radius 3 is 2.60 bits per heavy atom. The van der Waals surface area contributed by atoms with Gasteiger partial charge in [-0.2, -0.15) is 13.2 Å². The van der Waals surface area contributed by atoms with Gasteiger partial charge in [-0.25, -0.2) is 0 Å². The molecule has 0 aromatic heterocycles. The number of anilines is 1. The number of nitrogens with two attached hydrogens (primary N) is 1. The average Bonchev–Trinajstić information content (AvgIpc) is 2.35. The number of nitrogens with zero attached hydrogens (tertiary/aromatic N) is 1. The van der Waals surface area contributed by atoms with Crippen molar-refractivity contribution in [3.63, 3.8) is 0 Å². The lowest BCUT2D eigenvalue weighted by atomic mass is 9.95. The van der Waals surface area contributed by atoms with Crippen molar-refractivity contribution < 1.29 is 18.0 Å². The van der Waals surface area contributed by atoms with Crippen molar-refractivity contribution in [2.24, 2.45) is 5.73 Å². The first-order valence-electron chi connectivity index (χ1n) is 6.41. The number of aryl methyl sites for hydroxylation is 2. The molecule has 1 aliphatic rings. The number of rotatable bonds is 1. The molecule has 2 N–H and O–H groups in total. The highest BCUT2D eigenvalue weighted by Gasteiger charge is 2.55. The molecule has 110 valence electrons. The minimum Gasteiger partial charge on any atom is -0.310 e. The quantitative estimate of drug-likeness (QED) is 0.862. The van der Waals surface area contributed by atoms with Gasteiger partial charge >= 0.3 is 6.18 Å². The molecule has 0 aliphatic carbocycles. The summed E-state index contributed by atoms with van der Waals surface area (Å²) in [5.74, 6) is -1.10. The molecule has 1 amide bonds. The van der Waals surface area contributed by atoms with Gasteiger partial charge in [0.1, 0.15) is 0 Å². The van der Waals surface area contributed by atoms with Gasteiger partial charge in [-0.05, 0) is 38.3 Å². The zero-order valence-corrected chi connectivity index (χ0v) is 11.4. The van der Waals surface area contributed by atoms with E-state index in [-0.39, 0.29) is 6.54 Å². The van der Waals surface area contributed by atoms with Gasteiger partial charge in [0.2, 0.25) is 0 Å². The van der Waals surface area contributed by atoms with Gasteiger partial charge in [0.25, 0.3) is 5.91 Å². The smallest absolute Gasteiger partial charge is 0.310 e. The predicted molar refractivity (Wildman–Crippen MR) is 70.5 cm³/mol. The van der Waals surface area contributed by atoms with E-state index in [4.69, 9.17) is 5.73 Å². The zero-order chi connectivity index (χ0) is 15.1. The van der Waals surface area contributed by atoms with E-state index < -0.39 is 17.6 Å². The van der Waals surface area contributed by atoms with Crippen LogP contribution in [-0.2, 0) is 11.2 Å². The fourth-order valence-corrected chi connectivity index (χ4v) is 2.34. The Morgan fingerprint density at radius 2 is 2.00 bits per heavy atom. The first kappa shape index (κ1) is 14.8.